The van der Waals surface area contributed by atoms with E-state index in [4.69, 9.17) is 13.6 Å². The summed E-state index contributed by atoms with van der Waals surface area (Å²) in [6.07, 6.45) is 3.89. The first kappa shape index (κ1) is 23.7. The monoisotopic (exact) mass is 469 g/mol. The van der Waals surface area contributed by atoms with Crippen molar-refractivity contribution in [3.8, 4) is 17.7 Å². The SMILES string of the molecule is CC(C)(C)OC(=O)NC1CCN(C(=O)C2CCN(c3oc(-c4ccco4)nc3C#N)CC2)CC1. The zero-order valence-electron chi connectivity index (χ0n) is 19.9. The first-order chi connectivity index (χ1) is 16.2. The van der Waals surface area contributed by atoms with E-state index in [9.17, 15) is 14.9 Å². The molecule has 2 saturated heterocycles. The molecule has 2 aromatic heterocycles. The smallest absolute Gasteiger partial charge is 0.407 e. The molecule has 4 rings (SSSR count). The van der Waals surface area contributed by atoms with Crippen LogP contribution >= 0.6 is 0 Å². The fraction of sp³-hybridized carbons (Fsp3) is 0.583. The lowest BCUT2D eigenvalue weighted by molar-refractivity contribution is -0.137. The number of aromatic nitrogens is 1. The Bertz CT molecular complexity index is 1030. The Morgan fingerprint density at radius 1 is 1.18 bits per heavy atom. The molecule has 0 saturated carbocycles. The van der Waals surface area contributed by atoms with Crippen LogP contribution in [0.4, 0.5) is 10.7 Å². The van der Waals surface area contributed by atoms with E-state index in [1.807, 2.05) is 30.6 Å². The van der Waals surface area contributed by atoms with Crippen LogP contribution in [-0.4, -0.2) is 59.7 Å². The molecule has 1 N–H and O–H groups in total. The fourth-order valence-corrected chi connectivity index (χ4v) is 4.41. The topological polar surface area (TPSA) is 125 Å². The van der Waals surface area contributed by atoms with Crippen molar-refractivity contribution in [3.63, 3.8) is 0 Å². The van der Waals surface area contributed by atoms with Crippen LogP contribution in [0, 0.1) is 17.2 Å². The molecule has 2 aliphatic heterocycles. The third-order valence-corrected chi connectivity index (χ3v) is 6.11. The Hall–Kier alpha value is -3.48. The van der Waals surface area contributed by atoms with Crippen LogP contribution in [-0.2, 0) is 9.53 Å². The maximum Gasteiger partial charge on any atom is 0.407 e. The maximum absolute atomic E-state index is 13.1. The number of piperidine rings is 2. The fourth-order valence-electron chi connectivity index (χ4n) is 4.41. The van der Waals surface area contributed by atoms with Crippen LogP contribution in [0.3, 0.4) is 0 Å². The second-order valence-electron chi connectivity index (χ2n) is 9.77. The lowest BCUT2D eigenvalue weighted by atomic mass is 9.94. The standard InChI is InChI=1S/C24H31N5O5/c1-24(2,3)34-23(31)26-17-8-12-28(13-9-17)21(30)16-6-10-29(11-7-16)22-18(15-25)27-20(33-22)19-5-4-14-32-19/h4-5,14,16-17H,6-13H2,1-3H3,(H,26,31). The van der Waals surface area contributed by atoms with Crippen molar-refractivity contribution in [2.24, 2.45) is 5.92 Å². The predicted molar refractivity (Wildman–Crippen MR) is 123 cm³/mol. The average molecular weight is 470 g/mol. The highest BCUT2D eigenvalue weighted by Gasteiger charge is 2.33. The molecule has 34 heavy (non-hydrogen) atoms. The van der Waals surface area contributed by atoms with Crippen molar-refractivity contribution in [2.45, 2.75) is 58.1 Å². The Balaban J connectivity index is 1.27. The van der Waals surface area contributed by atoms with Crippen LogP contribution in [0.1, 0.15) is 52.1 Å². The summed E-state index contributed by atoms with van der Waals surface area (Å²) in [6, 6.07) is 5.57. The number of ether oxygens (including phenoxy) is 1. The quantitative estimate of drug-likeness (QED) is 0.721. The van der Waals surface area contributed by atoms with Gasteiger partial charge in [-0.25, -0.2) is 4.79 Å². The summed E-state index contributed by atoms with van der Waals surface area (Å²) in [5.41, 5.74) is -0.314. The number of carbonyl (C=O) groups is 2. The van der Waals surface area contributed by atoms with Crippen LogP contribution in [0.15, 0.2) is 27.2 Å². The summed E-state index contributed by atoms with van der Waals surface area (Å²) in [4.78, 5) is 33.2. The number of carbonyl (C=O) groups excluding carboxylic acids is 2. The van der Waals surface area contributed by atoms with Crippen molar-refractivity contribution in [1.82, 2.24) is 15.2 Å². The van der Waals surface area contributed by atoms with Gasteiger partial charge in [-0.3, -0.25) is 4.79 Å². The molecular formula is C24H31N5O5. The molecule has 10 nitrogen and oxygen atoms in total. The van der Waals surface area contributed by atoms with Gasteiger partial charge in [0.25, 0.3) is 5.89 Å². The molecule has 10 heteroatoms. The second kappa shape index (κ2) is 9.79. The molecule has 2 aliphatic rings. The number of hydrogen-bond donors (Lipinski definition) is 1. The molecule has 0 spiro atoms. The first-order valence-corrected chi connectivity index (χ1v) is 11.7. The summed E-state index contributed by atoms with van der Waals surface area (Å²) >= 11 is 0. The molecule has 2 aromatic rings. The van der Waals surface area contributed by atoms with Gasteiger partial charge in [0.15, 0.2) is 5.76 Å². The molecule has 0 unspecified atom stereocenters. The van der Waals surface area contributed by atoms with Crippen molar-refractivity contribution < 1.29 is 23.2 Å². The van der Waals surface area contributed by atoms with Gasteiger partial charge in [-0.1, -0.05) is 0 Å². The van der Waals surface area contributed by atoms with Crippen molar-refractivity contribution in [2.75, 3.05) is 31.1 Å². The van der Waals surface area contributed by atoms with Gasteiger partial charge in [0.2, 0.25) is 17.5 Å². The Morgan fingerprint density at radius 2 is 1.88 bits per heavy atom. The summed E-state index contributed by atoms with van der Waals surface area (Å²) < 4.78 is 16.5. The molecule has 182 valence electrons. The first-order valence-electron chi connectivity index (χ1n) is 11.7. The molecular weight excluding hydrogens is 438 g/mol. The molecule has 0 radical (unpaired) electrons. The van der Waals surface area contributed by atoms with Gasteiger partial charge in [-0.2, -0.15) is 10.2 Å². The van der Waals surface area contributed by atoms with Gasteiger partial charge >= 0.3 is 6.09 Å². The predicted octanol–water partition coefficient (Wildman–Crippen LogP) is 3.54. The largest absolute Gasteiger partial charge is 0.459 e. The average Bonchev–Trinajstić information content (AvgIpc) is 3.48. The molecule has 2 amide bonds. The van der Waals surface area contributed by atoms with Crippen LogP contribution < -0.4 is 10.2 Å². The van der Waals surface area contributed by atoms with Gasteiger partial charge in [-0.05, 0) is 58.6 Å². The summed E-state index contributed by atoms with van der Waals surface area (Å²) in [5, 5.41) is 12.4. The normalized spacial score (nSPS) is 17.9. The van der Waals surface area contributed by atoms with Crippen LogP contribution in [0.5, 0.6) is 0 Å². The molecule has 0 aliphatic carbocycles. The minimum absolute atomic E-state index is 0.0139. The van der Waals surface area contributed by atoms with E-state index in [1.165, 1.54) is 6.26 Å². The van der Waals surface area contributed by atoms with Gasteiger partial charge in [-0.15, -0.1) is 0 Å². The van der Waals surface area contributed by atoms with Gasteiger partial charge < -0.3 is 28.7 Å². The zero-order chi connectivity index (χ0) is 24.3. The third kappa shape index (κ3) is 5.53. The summed E-state index contributed by atoms with van der Waals surface area (Å²) in [6.45, 7) is 7.95. The van der Waals surface area contributed by atoms with Crippen LogP contribution in [0.25, 0.3) is 11.7 Å². The van der Waals surface area contributed by atoms with E-state index in [2.05, 4.69) is 16.4 Å². The minimum atomic E-state index is -0.532. The second-order valence-corrected chi connectivity index (χ2v) is 9.77. The number of nitrogens with one attached hydrogen (secondary N) is 1. The van der Waals surface area contributed by atoms with E-state index in [-0.39, 0.29) is 29.5 Å². The summed E-state index contributed by atoms with van der Waals surface area (Å²) in [7, 11) is 0. The number of anilines is 1. The minimum Gasteiger partial charge on any atom is -0.459 e. The molecule has 4 heterocycles. The number of furan rings is 1. The van der Waals surface area contributed by atoms with Crippen molar-refractivity contribution in [3.05, 3.63) is 24.1 Å². The Morgan fingerprint density at radius 3 is 2.47 bits per heavy atom. The third-order valence-electron chi connectivity index (χ3n) is 6.11. The van der Waals surface area contributed by atoms with E-state index in [0.717, 1.165) is 0 Å². The highest BCUT2D eigenvalue weighted by Crippen LogP contribution is 2.32. The highest BCUT2D eigenvalue weighted by molar-refractivity contribution is 5.79. The number of rotatable bonds is 4. The van der Waals surface area contributed by atoms with Gasteiger partial charge in [0.05, 0.1) is 6.26 Å². The number of nitriles is 1. The van der Waals surface area contributed by atoms with E-state index in [0.29, 0.717) is 63.5 Å². The number of hydrogen-bond acceptors (Lipinski definition) is 8. The molecule has 0 bridgehead atoms. The van der Waals surface area contributed by atoms with E-state index in [1.54, 1.807) is 12.1 Å². The lowest BCUT2D eigenvalue weighted by Gasteiger charge is -2.37. The number of oxazole rings is 1. The lowest BCUT2D eigenvalue weighted by Crippen LogP contribution is -2.50. The zero-order valence-corrected chi connectivity index (χ0v) is 19.9. The number of nitrogens with zero attached hydrogens (tertiary/aromatic N) is 4. The number of amides is 2. The molecule has 2 fully saturated rings. The Labute approximate surface area is 198 Å². The number of alkyl carbamates (subject to hydrolysis) is 1. The van der Waals surface area contributed by atoms with Crippen LogP contribution in [0.2, 0.25) is 0 Å². The highest BCUT2D eigenvalue weighted by atomic mass is 16.6. The van der Waals surface area contributed by atoms with Crippen molar-refractivity contribution in [1.29, 1.82) is 5.26 Å². The van der Waals surface area contributed by atoms with Gasteiger partial charge in [0, 0.05) is 38.1 Å². The van der Waals surface area contributed by atoms with Gasteiger partial charge in [0.1, 0.15) is 11.7 Å². The Kier molecular flexibility index (Phi) is 6.82. The molecule has 0 aromatic carbocycles. The summed E-state index contributed by atoms with van der Waals surface area (Å²) in [5.74, 6) is 1.26. The number of likely N-dealkylation sites (tertiary alicyclic amines) is 1. The van der Waals surface area contributed by atoms with E-state index >= 15 is 0 Å². The van der Waals surface area contributed by atoms with E-state index < -0.39 is 11.7 Å². The molecule has 0 atom stereocenters. The van der Waals surface area contributed by atoms with Crippen molar-refractivity contribution >= 4 is 17.9 Å². The maximum atomic E-state index is 13.1.